The first-order valence-electron chi connectivity index (χ1n) is 6.83. The van der Waals surface area contributed by atoms with Crippen LogP contribution in [0.3, 0.4) is 0 Å². The number of rotatable bonds is 7. The van der Waals surface area contributed by atoms with Gasteiger partial charge in [0.1, 0.15) is 5.54 Å². The number of alkyl halides is 2. The topological polar surface area (TPSA) is 55.6 Å². The fraction of sp³-hybridized carbons (Fsp3) is 0.923. The quantitative estimate of drug-likeness (QED) is 0.719. The highest BCUT2D eigenvalue weighted by molar-refractivity contribution is 5.81. The second-order valence-corrected chi connectivity index (χ2v) is 5.29. The first-order chi connectivity index (χ1) is 8.90. The Morgan fingerprint density at radius 1 is 1.58 bits per heavy atom. The monoisotopic (exact) mass is 278 g/mol. The van der Waals surface area contributed by atoms with Crippen molar-refractivity contribution in [2.45, 2.75) is 44.6 Å². The van der Waals surface area contributed by atoms with Crippen LogP contribution in [0.1, 0.15) is 32.6 Å². The van der Waals surface area contributed by atoms with Gasteiger partial charge in [-0.2, -0.15) is 0 Å². The predicted molar refractivity (Wildman–Crippen MR) is 69.0 cm³/mol. The first kappa shape index (κ1) is 16.3. The molecule has 0 aromatic carbocycles. The van der Waals surface area contributed by atoms with Crippen LogP contribution in [0.4, 0.5) is 8.78 Å². The Hall–Kier alpha value is -0.750. The molecule has 0 spiro atoms. The Morgan fingerprint density at radius 2 is 2.26 bits per heavy atom. The van der Waals surface area contributed by atoms with Crippen molar-refractivity contribution in [3.63, 3.8) is 0 Å². The number of carbonyl (C=O) groups is 1. The summed E-state index contributed by atoms with van der Waals surface area (Å²) in [6, 6.07) is 0. The van der Waals surface area contributed by atoms with E-state index < -0.39 is 12.0 Å². The number of hydrogen-bond acceptors (Lipinski definition) is 4. The van der Waals surface area contributed by atoms with Gasteiger partial charge in [0.15, 0.2) is 0 Å². The van der Waals surface area contributed by atoms with Crippen molar-refractivity contribution in [3.05, 3.63) is 0 Å². The van der Waals surface area contributed by atoms with Gasteiger partial charge < -0.3 is 15.4 Å². The second kappa shape index (κ2) is 7.14. The summed E-state index contributed by atoms with van der Waals surface area (Å²) < 4.78 is 29.5. The summed E-state index contributed by atoms with van der Waals surface area (Å²) in [5.41, 5.74) is 5.25. The van der Waals surface area contributed by atoms with E-state index in [1.807, 2.05) is 0 Å². The Balaban J connectivity index is 2.50. The third-order valence-corrected chi connectivity index (χ3v) is 3.84. The van der Waals surface area contributed by atoms with Crippen LogP contribution in [-0.4, -0.2) is 49.6 Å². The van der Waals surface area contributed by atoms with E-state index in [1.165, 1.54) is 0 Å². The highest BCUT2D eigenvalue weighted by Crippen LogP contribution is 2.37. The molecule has 4 nitrogen and oxygen atoms in total. The van der Waals surface area contributed by atoms with Gasteiger partial charge in [-0.15, -0.1) is 0 Å². The summed E-state index contributed by atoms with van der Waals surface area (Å²) in [5, 5.41) is 0. The van der Waals surface area contributed by atoms with Crippen LogP contribution in [0.15, 0.2) is 0 Å². The van der Waals surface area contributed by atoms with E-state index in [9.17, 15) is 13.6 Å². The summed E-state index contributed by atoms with van der Waals surface area (Å²) in [7, 11) is 1.66. The number of ether oxygens (including phenoxy) is 1. The van der Waals surface area contributed by atoms with Crippen molar-refractivity contribution in [3.8, 4) is 0 Å². The zero-order chi connectivity index (χ0) is 14.5. The summed E-state index contributed by atoms with van der Waals surface area (Å²) in [5.74, 6) is -0.333. The molecule has 1 aliphatic rings. The first-order valence-corrected chi connectivity index (χ1v) is 6.83. The van der Waals surface area contributed by atoms with Gasteiger partial charge in [-0.1, -0.05) is 6.42 Å². The van der Waals surface area contributed by atoms with Crippen molar-refractivity contribution in [2.24, 2.45) is 11.7 Å². The average molecular weight is 278 g/mol. The fourth-order valence-electron chi connectivity index (χ4n) is 2.74. The minimum Gasteiger partial charge on any atom is -0.465 e. The van der Waals surface area contributed by atoms with Crippen LogP contribution >= 0.6 is 0 Å². The molecule has 0 amide bonds. The lowest BCUT2D eigenvalue weighted by Crippen LogP contribution is -2.52. The van der Waals surface area contributed by atoms with E-state index in [2.05, 4.69) is 0 Å². The largest absolute Gasteiger partial charge is 0.465 e. The molecule has 0 saturated heterocycles. The molecule has 2 atom stereocenters. The van der Waals surface area contributed by atoms with Crippen molar-refractivity contribution >= 4 is 5.97 Å². The molecule has 0 aromatic heterocycles. The van der Waals surface area contributed by atoms with Gasteiger partial charge in [0.25, 0.3) is 6.43 Å². The summed E-state index contributed by atoms with van der Waals surface area (Å²) in [6.07, 6.45) is 0.686. The lowest BCUT2D eigenvalue weighted by atomic mass is 9.85. The Kier molecular flexibility index (Phi) is 6.13. The second-order valence-electron chi connectivity index (χ2n) is 5.29. The maximum atomic E-state index is 12.2. The number of nitrogens with zero attached hydrogens (tertiary/aromatic N) is 1. The number of carbonyl (C=O) groups excluding carboxylic acids is 1. The summed E-state index contributed by atoms with van der Waals surface area (Å²) in [6.45, 7) is 2.34. The number of esters is 1. The third kappa shape index (κ3) is 4.38. The third-order valence-electron chi connectivity index (χ3n) is 3.84. The van der Waals surface area contributed by atoms with E-state index in [4.69, 9.17) is 10.5 Å². The lowest BCUT2D eigenvalue weighted by Gasteiger charge is -2.30. The van der Waals surface area contributed by atoms with Crippen LogP contribution in [-0.2, 0) is 9.53 Å². The molecular weight excluding hydrogens is 254 g/mol. The Morgan fingerprint density at radius 3 is 2.84 bits per heavy atom. The Labute approximate surface area is 113 Å². The lowest BCUT2D eigenvalue weighted by molar-refractivity contribution is -0.151. The van der Waals surface area contributed by atoms with Crippen LogP contribution in [0, 0.1) is 5.92 Å². The van der Waals surface area contributed by atoms with Crippen molar-refractivity contribution < 1.29 is 18.3 Å². The molecular formula is C13H24F2N2O2. The normalized spacial score (nSPS) is 27.2. The highest BCUT2D eigenvalue weighted by Gasteiger charge is 2.46. The van der Waals surface area contributed by atoms with Gasteiger partial charge in [0, 0.05) is 0 Å². The summed E-state index contributed by atoms with van der Waals surface area (Å²) in [4.78, 5) is 13.5. The van der Waals surface area contributed by atoms with E-state index in [0.29, 0.717) is 26.0 Å². The van der Waals surface area contributed by atoms with E-state index in [0.717, 1.165) is 12.8 Å². The average Bonchev–Trinajstić information content (AvgIpc) is 2.69. The molecule has 1 aliphatic carbocycles. The van der Waals surface area contributed by atoms with Crippen LogP contribution in [0.5, 0.6) is 0 Å². The minimum absolute atomic E-state index is 0.0201. The van der Waals surface area contributed by atoms with Gasteiger partial charge in [-0.25, -0.2) is 8.78 Å². The molecule has 2 unspecified atom stereocenters. The molecule has 19 heavy (non-hydrogen) atoms. The van der Waals surface area contributed by atoms with Gasteiger partial charge in [-0.3, -0.25) is 4.79 Å². The van der Waals surface area contributed by atoms with Crippen molar-refractivity contribution in [1.29, 1.82) is 0 Å². The van der Waals surface area contributed by atoms with Crippen molar-refractivity contribution in [1.82, 2.24) is 4.90 Å². The van der Waals surface area contributed by atoms with Gasteiger partial charge in [-0.05, 0) is 45.7 Å². The fourth-order valence-corrected chi connectivity index (χ4v) is 2.74. The van der Waals surface area contributed by atoms with Crippen LogP contribution < -0.4 is 5.73 Å². The summed E-state index contributed by atoms with van der Waals surface area (Å²) >= 11 is 0. The molecule has 0 radical (unpaired) electrons. The van der Waals surface area contributed by atoms with Gasteiger partial charge >= 0.3 is 5.97 Å². The smallest absolute Gasteiger partial charge is 0.326 e. The molecule has 6 heteroatoms. The number of hydrogen-bond donors (Lipinski definition) is 1. The standard InChI is InChI=1S/C13H24F2N2O2/c1-3-19-12(18)13(16)7-4-5-10(13)6-8-17(2)9-11(14)15/h10-11H,3-9,16H2,1-2H3. The van der Waals surface area contributed by atoms with Crippen LogP contribution in [0.25, 0.3) is 0 Å². The zero-order valence-corrected chi connectivity index (χ0v) is 11.7. The highest BCUT2D eigenvalue weighted by atomic mass is 19.3. The van der Waals surface area contributed by atoms with Gasteiger partial charge in [0.05, 0.1) is 13.2 Å². The Bertz CT molecular complexity index is 302. The molecule has 0 aliphatic heterocycles. The molecule has 1 fully saturated rings. The minimum atomic E-state index is -2.33. The molecule has 0 aromatic rings. The van der Waals surface area contributed by atoms with Crippen molar-refractivity contribution in [2.75, 3.05) is 26.7 Å². The number of nitrogens with two attached hydrogens (primary N) is 1. The van der Waals surface area contributed by atoms with E-state index in [1.54, 1.807) is 18.9 Å². The molecule has 112 valence electrons. The maximum absolute atomic E-state index is 12.2. The maximum Gasteiger partial charge on any atom is 0.326 e. The zero-order valence-electron chi connectivity index (χ0n) is 11.7. The molecule has 1 saturated carbocycles. The molecule has 2 N–H and O–H groups in total. The SMILES string of the molecule is CCOC(=O)C1(N)CCCC1CCN(C)CC(F)F. The van der Waals surface area contributed by atoms with Gasteiger partial charge in [0.2, 0.25) is 0 Å². The van der Waals surface area contributed by atoms with E-state index >= 15 is 0 Å². The van der Waals surface area contributed by atoms with Crippen LogP contribution in [0.2, 0.25) is 0 Å². The molecule has 1 rings (SSSR count). The predicted octanol–water partition coefficient (Wildman–Crippen LogP) is 1.63. The van der Waals surface area contributed by atoms with E-state index in [-0.39, 0.29) is 18.4 Å². The molecule has 0 bridgehead atoms. The molecule has 0 heterocycles. The number of halogens is 2.